The predicted molar refractivity (Wildman–Crippen MR) is 114 cm³/mol. The van der Waals surface area contributed by atoms with Crippen molar-refractivity contribution >= 4 is 24.3 Å². The molecule has 2 atom stereocenters. The number of alkyl halides is 1. The van der Waals surface area contributed by atoms with E-state index in [2.05, 4.69) is 10.1 Å². The molecule has 0 radical (unpaired) electrons. The van der Waals surface area contributed by atoms with Crippen molar-refractivity contribution in [2.75, 3.05) is 26.9 Å². The lowest BCUT2D eigenvalue weighted by Crippen LogP contribution is -2.32. The van der Waals surface area contributed by atoms with Crippen molar-refractivity contribution < 1.29 is 28.2 Å². The number of hydrogen-bond donors (Lipinski definition) is 1. The topological polar surface area (TPSA) is 73.9 Å². The maximum absolute atomic E-state index is 14.8. The van der Waals surface area contributed by atoms with E-state index in [1.54, 1.807) is 0 Å². The van der Waals surface area contributed by atoms with Crippen LogP contribution in [0.15, 0.2) is 42.5 Å². The summed E-state index contributed by atoms with van der Waals surface area (Å²) in [4.78, 5) is 23.1. The van der Waals surface area contributed by atoms with Crippen LogP contribution >= 0.6 is 12.4 Å². The number of rotatable bonds is 12. The lowest BCUT2D eigenvalue weighted by molar-refractivity contribution is -0.147. The third kappa shape index (κ3) is 9.69. The number of halogens is 2. The van der Waals surface area contributed by atoms with Crippen LogP contribution in [-0.2, 0) is 30.4 Å². The molecule has 1 aromatic rings. The third-order valence-electron chi connectivity index (χ3n) is 4.71. The van der Waals surface area contributed by atoms with Crippen molar-refractivity contribution in [3.8, 4) is 0 Å². The molecule has 0 bridgehead atoms. The molecule has 0 aromatic heterocycles. The molecule has 0 amide bonds. The van der Waals surface area contributed by atoms with Gasteiger partial charge in [-0.15, -0.1) is 12.4 Å². The smallest absolute Gasteiger partial charge is 0.323 e. The van der Waals surface area contributed by atoms with E-state index >= 15 is 0 Å². The number of carbonyl (C=O) groups excluding carboxylic acids is 2. The first-order valence-corrected chi connectivity index (χ1v) is 9.95. The molecular formula is C22H31ClFNO5. The Balaban J connectivity index is 0.00000450. The van der Waals surface area contributed by atoms with Gasteiger partial charge in [-0.05, 0) is 24.8 Å². The second kappa shape index (κ2) is 14.1. The maximum atomic E-state index is 14.8. The average molecular weight is 444 g/mol. The molecule has 1 fully saturated rings. The van der Waals surface area contributed by atoms with E-state index in [4.69, 9.17) is 9.47 Å². The average Bonchev–Trinajstić information content (AvgIpc) is 3.13. The van der Waals surface area contributed by atoms with Gasteiger partial charge in [0.2, 0.25) is 0 Å². The Kier molecular flexibility index (Phi) is 12.3. The number of benzene rings is 1. The van der Waals surface area contributed by atoms with Crippen LogP contribution in [0.2, 0.25) is 0 Å². The van der Waals surface area contributed by atoms with Crippen molar-refractivity contribution in [1.82, 2.24) is 5.32 Å². The summed E-state index contributed by atoms with van der Waals surface area (Å²) in [6.07, 6.45) is 6.76. The molecule has 6 nitrogen and oxygen atoms in total. The lowest BCUT2D eigenvalue weighted by Gasteiger charge is -2.17. The number of allylic oxidation sites excluding steroid dienone is 1. The molecule has 1 saturated heterocycles. The fourth-order valence-corrected chi connectivity index (χ4v) is 3.05. The van der Waals surface area contributed by atoms with Crippen molar-refractivity contribution in [3.63, 3.8) is 0 Å². The summed E-state index contributed by atoms with van der Waals surface area (Å²) in [5.74, 6) is -0.641. The lowest BCUT2D eigenvalue weighted by atomic mass is 10.0. The van der Waals surface area contributed by atoms with Crippen LogP contribution in [0.25, 0.3) is 0 Å². The summed E-state index contributed by atoms with van der Waals surface area (Å²) < 4.78 is 30.1. The Morgan fingerprint density at radius 2 is 2.00 bits per heavy atom. The third-order valence-corrected chi connectivity index (χ3v) is 4.71. The Morgan fingerprint density at radius 3 is 2.73 bits per heavy atom. The number of ether oxygens (including phenoxy) is 3. The van der Waals surface area contributed by atoms with E-state index in [-0.39, 0.29) is 44.6 Å². The van der Waals surface area contributed by atoms with Gasteiger partial charge >= 0.3 is 11.9 Å². The Morgan fingerprint density at radius 1 is 1.23 bits per heavy atom. The normalized spacial score (nSPS) is 20.7. The second-order valence-corrected chi connectivity index (χ2v) is 7.19. The van der Waals surface area contributed by atoms with Gasteiger partial charge in [-0.2, -0.15) is 0 Å². The fourth-order valence-electron chi connectivity index (χ4n) is 3.05. The number of methoxy groups -OCH3 is 1. The molecule has 0 spiro atoms. The van der Waals surface area contributed by atoms with Crippen molar-refractivity contribution in [2.45, 2.75) is 50.4 Å². The number of carbonyl (C=O) groups is 2. The molecule has 30 heavy (non-hydrogen) atoms. The van der Waals surface area contributed by atoms with Gasteiger partial charge in [-0.3, -0.25) is 9.59 Å². The van der Waals surface area contributed by atoms with Crippen LogP contribution in [0, 0.1) is 0 Å². The summed E-state index contributed by atoms with van der Waals surface area (Å²) >= 11 is 0. The summed E-state index contributed by atoms with van der Waals surface area (Å²) in [5, 5.41) is 2.89. The molecular weight excluding hydrogens is 413 g/mol. The Hall–Kier alpha value is -1.96. The van der Waals surface area contributed by atoms with Gasteiger partial charge < -0.3 is 19.5 Å². The zero-order valence-electron chi connectivity index (χ0n) is 17.3. The minimum Gasteiger partial charge on any atom is -0.469 e. The van der Waals surface area contributed by atoms with Gasteiger partial charge in [0.1, 0.15) is 18.3 Å². The standard InChI is InChI=1S/C22H30FNO5.ClH/c1-27-20(25)12-8-3-2-4-9-13-28-17-22(23)14-19(24-16-22)21(26)29-15-18-10-6-5-7-11-18;/h4-7,9-11,19,24H,2-3,8,12-17H2,1H3;1H/b9-4+;/t19-,22+;/m0./s1. The molecule has 1 heterocycles. The monoisotopic (exact) mass is 443 g/mol. The molecule has 8 heteroatoms. The van der Waals surface area contributed by atoms with Crippen LogP contribution in [0.5, 0.6) is 0 Å². The molecule has 1 N–H and O–H groups in total. The van der Waals surface area contributed by atoms with E-state index < -0.39 is 17.7 Å². The van der Waals surface area contributed by atoms with E-state index in [1.807, 2.05) is 42.5 Å². The summed E-state index contributed by atoms with van der Waals surface area (Å²) in [6.45, 7) is 0.481. The molecule has 0 aliphatic carbocycles. The van der Waals surface area contributed by atoms with Gasteiger partial charge in [-0.1, -0.05) is 42.5 Å². The van der Waals surface area contributed by atoms with E-state index in [0.717, 1.165) is 24.8 Å². The molecule has 168 valence electrons. The molecule has 1 aromatic carbocycles. The van der Waals surface area contributed by atoms with Gasteiger partial charge in [0.15, 0.2) is 0 Å². The van der Waals surface area contributed by atoms with Gasteiger partial charge in [0, 0.05) is 19.4 Å². The van der Waals surface area contributed by atoms with E-state index in [0.29, 0.717) is 13.0 Å². The molecule has 0 unspecified atom stereocenters. The summed E-state index contributed by atoms with van der Waals surface area (Å²) in [5.41, 5.74) is -0.684. The number of unbranched alkanes of at least 4 members (excludes halogenated alkanes) is 2. The Bertz CT molecular complexity index is 673. The zero-order chi connectivity index (χ0) is 21.0. The van der Waals surface area contributed by atoms with E-state index in [1.165, 1.54) is 7.11 Å². The highest BCUT2D eigenvalue weighted by Gasteiger charge is 2.43. The SMILES string of the molecule is COC(=O)CCCC/C=C/COC[C@]1(F)CN[C@H](C(=O)OCc2ccccc2)C1.Cl. The van der Waals surface area contributed by atoms with Crippen LogP contribution in [0.4, 0.5) is 4.39 Å². The maximum Gasteiger partial charge on any atom is 0.323 e. The number of hydrogen-bond acceptors (Lipinski definition) is 6. The van der Waals surface area contributed by atoms with Crippen molar-refractivity contribution in [3.05, 3.63) is 48.0 Å². The van der Waals surface area contributed by atoms with Crippen LogP contribution in [0.1, 0.15) is 37.7 Å². The molecule has 1 aliphatic rings. The fraction of sp³-hybridized carbons (Fsp3) is 0.545. The predicted octanol–water partition coefficient (Wildman–Crippen LogP) is 3.53. The quantitative estimate of drug-likeness (QED) is 0.302. The van der Waals surface area contributed by atoms with E-state index in [9.17, 15) is 14.0 Å². The molecule has 2 rings (SSSR count). The van der Waals surface area contributed by atoms with Crippen molar-refractivity contribution in [1.29, 1.82) is 0 Å². The molecule has 1 aliphatic heterocycles. The summed E-state index contributed by atoms with van der Waals surface area (Å²) in [7, 11) is 1.38. The zero-order valence-corrected chi connectivity index (χ0v) is 18.1. The van der Waals surface area contributed by atoms with Crippen LogP contribution < -0.4 is 5.32 Å². The first kappa shape index (κ1) is 26.1. The second-order valence-electron chi connectivity index (χ2n) is 7.19. The minimum absolute atomic E-state index is 0. The highest BCUT2D eigenvalue weighted by Crippen LogP contribution is 2.25. The van der Waals surface area contributed by atoms with Gasteiger partial charge in [-0.25, -0.2) is 4.39 Å². The highest BCUT2D eigenvalue weighted by atomic mass is 35.5. The van der Waals surface area contributed by atoms with Gasteiger partial charge in [0.05, 0.1) is 20.3 Å². The number of nitrogens with one attached hydrogen (secondary N) is 1. The first-order valence-electron chi connectivity index (χ1n) is 9.95. The highest BCUT2D eigenvalue weighted by molar-refractivity contribution is 5.85. The Labute approximate surface area is 183 Å². The van der Waals surface area contributed by atoms with Gasteiger partial charge in [0.25, 0.3) is 0 Å². The minimum atomic E-state index is -1.58. The van der Waals surface area contributed by atoms with Crippen LogP contribution in [0.3, 0.4) is 0 Å². The first-order chi connectivity index (χ1) is 14.0. The number of esters is 2. The summed E-state index contributed by atoms with van der Waals surface area (Å²) in [6, 6.07) is 8.72. The van der Waals surface area contributed by atoms with Crippen LogP contribution in [-0.4, -0.2) is 50.5 Å². The largest absolute Gasteiger partial charge is 0.469 e. The van der Waals surface area contributed by atoms with Crippen molar-refractivity contribution in [2.24, 2.45) is 0 Å². The molecule has 0 saturated carbocycles.